The number of hydrogen-bond donors (Lipinski definition) is 2. The topological polar surface area (TPSA) is 52.6 Å². The highest BCUT2D eigenvalue weighted by molar-refractivity contribution is 5.76. The molecule has 5 heteroatoms. The SMILES string of the molecule is O=C1CCN(Cc2ccc(F)cc2C#CCO)CCN1. The Balaban J connectivity index is 2.13. The van der Waals surface area contributed by atoms with Crippen LogP contribution in [-0.4, -0.2) is 42.2 Å². The van der Waals surface area contributed by atoms with Gasteiger partial charge in [-0.25, -0.2) is 4.39 Å². The first-order chi connectivity index (χ1) is 9.69. The van der Waals surface area contributed by atoms with Crippen LogP contribution in [0.3, 0.4) is 0 Å². The average molecular weight is 276 g/mol. The van der Waals surface area contributed by atoms with Crippen molar-refractivity contribution < 1.29 is 14.3 Å². The minimum Gasteiger partial charge on any atom is -0.384 e. The number of rotatable bonds is 2. The van der Waals surface area contributed by atoms with Crippen LogP contribution in [-0.2, 0) is 11.3 Å². The first-order valence-electron chi connectivity index (χ1n) is 6.56. The van der Waals surface area contributed by atoms with E-state index in [1.807, 2.05) is 0 Å². The summed E-state index contributed by atoms with van der Waals surface area (Å²) < 4.78 is 13.3. The molecule has 106 valence electrons. The van der Waals surface area contributed by atoms with Crippen LogP contribution in [0.4, 0.5) is 4.39 Å². The third kappa shape index (κ3) is 4.05. The summed E-state index contributed by atoms with van der Waals surface area (Å²) in [7, 11) is 0. The molecule has 4 nitrogen and oxygen atoms in total. The van der Waals surface area contributed by atoms with Gasteiger partial charge in [0, 0.05) is 38.2 Å². The van der Waals surface area contributed by atoms with Gasteiger partial charge in [0.05, 0.1) is 0 Å². The molecule has 20 heavy (non-hydrogen) atoms. The van der Waals surface area contributed by atoms with E-state index in [9.17, 15) is 9.18 Å². The zero-order chi connectivity index (χ0) is 14.4. The molecule has 0 spiro atoms. The van der Waals surface area contributed by atoms with Gasteiger partial charge in [-0.15, -0.1) is 0 Å². The highest BCUT2D eigenvalue weighted by atomic mass is 19.1. The van der Waals surface area contributed by atoms with E-state index >= 15 is 0 Å². The molecule has 0 bridgehead atoms. The van der Waals surface area contributed by atoms with Crippen LogP contribution >= 0.6 is 0 Å². The van der Waals surface area contributed by atoms with Crippen molar-refractivity contribution >= 4 is 5.91 Å². The molecule has 0 atom stereocenters. The Labute approximate surface area is 117 Å². The predicted octanol–water partition coefficient (Wildman–Crippen LogP) is 0.491. The zero-order valence-electron chi connectivity index (χ0n) is 11.2. The normalized spacial score (nSPS) is 16.0. The second-order valence-electron chi connectivity index (χ2n) is 4.64. The molecule has 0 aliphatic carbocycles. The van der Waals surface area contributed by atoms with E-state index in [-0.39, 0.29) is 18.3 Å². The van der Waals surface area contributed by atoms with Gasteiger partial charge in [0.15, 0.2) is 0 Å². The van der Waals surface area contributed by atoms with Crippen LogP contribution < -0.4 is 5.32 Å². The Morgan fingerprint density at radius 3 is 3.05 bits per heavy atom. The summed E-state index contributed by atoms with van der Waals surface area (Å²) in [6.45, 7) is 2.42. The van der Waals surface area contributed by atoms with Gasteiger partial charge in [-0.3, -0.25) is 9.69 Å². The quantitative estimate of drug-likeness (QED) is 0.773. The summed E-state index contributed by atoms with van der Waals surface area (Å²) in [5.41, 5.74) is 1.49. The van der Waals surface area contributed by atoms with E-state index in [2.05, 4.69) is 22.1 Å². The zero-order valence-corrected chi connectivity index (χ0v) is 11.2. The smallest absolute Gasteiger partial charge is 0.221 e. The predicted molar refractivity (Wildman–Crippen MR) is 73.3 cm³/mol. The molecule has 2 N–H and O–H groups in total. The molecule has 0 saturated carbocycles. The van der Waals surface area contributed by atoms with Crippen LogP contribution in [0.25, 0.3) is 0 Å². The number of aliphatic hydroxyl groups is 1. The maximum atomic E-state index is 13.3. The lowest BCUT2D eigenvalue weighted by Crippen LogP contribution is -2.28. The number of nitrogens with zero attached hydrogens (tertiary/aromatic N) is 1. The summed E-state index contributed by atoms with van der Waals surface area (Å²) in [6.07, 6.45) is 0.471. The maximum Gasteiger partial charge on any atom is 0.221 e. The fourth-order valence-electron chi connectivity index (χ4n) is 2.15. The van der Waals surface area contributed by atoms with E-state index in [1.54, 1.807) is 6.07 Å². The number of nitrogens with one attached hydrogen (secondary N) is 1. The molecule has 1 aliphatic rings. The number of halogens is 1. The van der Waals surface area contributed by atoms with Gasteiger partial charge in [0.2, 0.25) is 5.91 Å². The number of carbonyl (C=O) groups excluding carboxylic acids is 1. The first kappa shape index (κ1) is 14.5. The minimum absolute atomic E-state index is 0.0619. The van der Waals surface area contributed by atoms with E-state index in [0.29, 0.717) is 31.6 Å². The Kier molecular flexibility index (Phi) is 5.10. The molecule has 2 rings (SSSR count). The molecule has 1 aromatic carbocycles. The van der Waals surface area contributed by atoms with E-state index in [0.717, 1.165) is 12.1 Å². The molecule has 1 heterocycles. The van der Waals surface area contributed by atoms with Gasteiger partial charge < -0.3 is 10.4 Å². The largest absolute Gasteiger partial charge is 0.384 e. The third-order valence-electron chi connectivity index (χ3n) is 3.17. The van der Waals surface area contributed by atoms with Gasteiger partial charge in [-0.05, 0) is 17.7 Å². The van der Waals surface area contributed by atoms with Crippen LogP contribution in [0.2, 0.25) is 0 Å². The number of amides is 1. The molecule has 1 aliphatic heterocycles. The fourth-order valence-corrected chi connectivity index (χ4v) is 2.15. The first-order valence-corrected chi connectivity index (χ1v) is 6.56. The van der Waals surface area contributed by atoms with Crippen LogP contribution in [0.1, 0.15) is 17.5 Å². The Morgan fingerprint density at radius 1 is 1.40 bits per heavy atom. The summed E-state index contributed by atoms with van der Waals surface area (Å²) in [5.74, 6) is 5.03. The van der Waals surface area contributed by atoms with Crippen molar-refractivity contribution in [3.05, 3.63) is 35.1 Å². The van der Waals surface area contributed by atoms with Gasteiger partial charge >= 0.3 is 0 Å². The van der Waals surface area contributed by atoms with E-state index in [4.69, 9.17) is 5.11 Å². The summed E-state index contributed by atoms with van der Waals surface area (Å²) in [6, 6.07) is 4.48. The summed E-state index contributed by atoms with van der Waals surface area (Å²) in [4.78, 5) is 13.4. The summed E-state index contributed by atoms with van der Waals surface area (Å²) >= 11 is 0. The molecule has 0 unspecified atom stereocenters. The van der Waals surface area contributed by atoms with Gasteiger partial charge in [0.1, 0.15) is 12.4 Å². The third-order valence-corrected chi connectivity index (χ3v) is 3.17. The number of aliphatic hydroxyl groups excluding tert-OH is 1. The van der Waals surface area contributed by atoms with Gasteiger partial charge in [0.25, 0.3) is 0 Å². The lowest BCUT2D eigenvalue weighted by molar-refractivity contribution is -0.120. The van der Waals surface area contributed by atoms with Crippen molar-refractivity contribution in [3.63, 3.8) is 0 Å². The van der Waals surface area contributed by atoms with Crippen molar-refractivity contribution in [3.8, 4) is 11.8 Å². The monoisotopic (exact) mass is 276 g/mol. The van der Waals surface area contributed by atoms with E-state index < -0.39 is 0 Å². The number of hydrogen-bond acceptors (Lipinski definition) is 3. The number of benzene rings is 1. The van der Waals surface area contributed by atoms with E-state index in [1.165, 1.54) is 12.1 Å². The summed E-state index contributed by atoms with van der Waals surface area (Å²) in [5, 5.41) is 11.6. The molecular formula is C15H17FN2O2. The van der Waals surface area contributed by atoms with Gasteiger partial charge in [-0.1, -0.05) is 17.9 Å². The molecule has 1 amide bonds. The van der Waals surface area contributed by atoms with Crippen LogP contribution in [0, 0.1) is 17.7 Å². The van der Waals surface area contributed by atoms with Crippen LogP contribution in [0.15, 0.2) is 18.2 Å². The van der Waals surface area contributed by atoms with Crippen molar-refractivity contribution in [2.24, 2.45) is 0 Å². The van der Waals surface area contributed by atoms with Crippen LogP contribution in [0.5, 0.6) is 0 Å². The molecule has 0 radical (unpaired) electrons. The van der Waals surface area contributed by atoms with Crippen molar-refractivity contribution in [2.75, 3.05) is 26.2 Å². The average Bonchev–Trinajstić information content (AvgIpc) is 2.64. The van der Waals surface area contributed by atoms with Crippen molar-refractivity contribution in [1.29, 1.82) is 0 Å². The van der Waals surface area contributed by atoms with Crippen molar-refractivity contribution in [2.45, 2.75) is 13.0 Å². The molecule has 1 aromatic rings. The standard InChI is InChI=1S/C15H17FN2O2/c16-14-4-3-13(12(10-14)2-1-9-19)11-18-7-5-15(20)17-6-8-18/h3-4,10,19H,5-9,11H2,(H,17,20). The molecule has 1 fully saturated rings. The minimum atomic E-state index is -0.344. The second kappa shape index (κ2) is 7.04. The molecular weight excluding hydrogens is 259 g/mol. The highest BCUT2D eigenvalue weighted by Gasteiger charge is 2.14. The second-order valence-corrected chi connectivity index (χ2v) is 4.64. The Morgan fingerprint density at radius 2 is 2.25 bits per heavy atom. The lowest BCUT2D eigenvalue weighted by atomic mass is 10.1. The maximum absolute atomic E-state index is 13.3. The Hall–Kier alpha value is -1.90. The molecule has 0 aromatic heterocycles. The van der Waals surface area contributed by atoms with Gasteiger partial charge in [-0.2, -0.15) is 0 Å². The molecule has 1 saturated heterocycles. The highest BCUT2D eigenvalue weighted by Crippen LogP contribution is 2.14. The number of carbonyl (C=O) groups is 1. The Bertz CT molecular complexity index is 549. The fraction of sp³-hybridized carbons (Fsp3) is 0.400. The van der Waals surface area contributed by atoms with Crippen molar-refractivity contribution in [1.82, 2.24) is 10.2 Å². The lowest BCUT2D eigenvalue weighted by Gasteiger charge is -2.19.